The number of carbonyl (C=O) groups is 3. The molecule has 2 aromatic rings. The average molecular weight is 367 g/mol. The summed E-state index contributed by atoms with van der Waals surface area (Å²) in [6.07, 6.45) is 1.83. The molecule has 6 heteroatoms. The van der Waals surface area contributed by atoms with Crippen LogP contribution in [0.4, 0.5) is 5.69 Å². The average Bonchev–Trinajstić information content (AvgIpc) is 2.68. The van der Waals surface area contributed by atoms with Crippen LogP contribution in [-0.4, -0.2) is 30.8 Å². The van der Waals surface area contributed by atoms with Gasteiger partial charge in [-0.15, -0.1) is 0 Å². The largest absolute Gasteiger partial charge is 0.352 e. The summed E-state index contributed by atoms with van der Waals surface area (Å²) in [6.45, 7) is 2.27. The third-order valence-corrected chi connectivity index (χ3v) is 3.91. The van der Waals surface area contributed by atoms with E-state index < -0.39 is 0 Å². The first kappa shape index (κ1) is 20.2. The lowest BCUT2D eigenvalue weighted by molar-refractivity contribution is -0.124. The topological polar surface area (TPSA) is 87.3 Å². The zero-order valence-corrected chi connectivity index (χ0v) is 15.5. The van der Waals surface area contributed by atoms with Crippen LogP contribution < -0.4 is 16.0 Å². The molecule has 0 heterocycles. The van der Waals surface area contributed by atoms with E-state index in [1.807, 2.05) is 37.3 Å². The van der Waals surface area contributed by atoms with Crippen molar-refractivity contribution >= 4 is 23.4 Å². The Kier molecular flexibility index (Phi) is 8.03. The van der Waals surface area contributed by atoms with Crippen LogP contribution in [0.1, 0.15) is 35.7 Å². The number of anilines is 1. The molecule has 0 aliphatic rings. The predicted octanol–water partition coefficient (Wildman–Crippen LogP) is 2.51. The van der Waals surface area contributed by atoms with E-state index >= 15 is 0 Å². The molecule has 2 rings (SSSR count). The molecule has 2 aromatic carbocycles. The first-order valence-corrected chi connectivity index (χ1v) is 9.08. The summed E-state index contributed by atoms with van der Waals surface area (Å²) in [5, 5.41) is 8.10. The summed E-state index contributed by atoms with van der Waals surface area (Å²) in [5.74, 6) is -0.791. The molecule has 0 saturated heterocycles. The number of hydrogen-bond acceptors (Lipinski definition) is 3. The van der Waals surface area contributed by atoms with E-state index in [-0.39, 0.29) is 24.3 Å². The van der Waals surface area contributed by atoms with Gasteiger partial charge in [0, 0.05) is 13.0 Å². The van der Waals surface area contributed by atoms with Gasteiger partial charge in [-0.3, -0.25) is 14.4 Å². The molecule has 0 bridgehead atoms. The number of hydrogen-bond donors (Lipinski definition) is 3. The van der Waals surface area contributed by atoms with Gasteiger partial charge in [-0.1, -0.05) is 49.4 Å². The fourth-order valence-corrected chi connectivity index (χ4v) is 2.54. The Balaban J connectivity index is 1.89. The standard InChI is InChI=1S/C21H25N3O3/c1-2-8-19(25)23-15-20(26)24-18-12-7-6-11-17(18)21(27)22-14-13-16-9-4-3-5-10-16/h3-7,9-12H,2,8,13-15H2,1H3,(H,22,27)(H,23,25)(H,24,26). The highest BCUT2D eigenvalue weighted by Gasteiger charge is 2.13. The Hall–Kier alpha value is -3.15. The molecule has 0 unspecified atom stereocenters. The summed E-state index contributed by atoms with van der Waals surface area (Å²) in [7, 11) is 0. The SMILES string of the molecule is CCCC(=O)NCC(=O)Nc1ccccc1C(=O)NCCc1ccccc1. The molecule has 0 fully saturated rings. The van der Waals surface area contributed by atoms with Crippen LogP contribution >= 0.6 is 0 Å². The second-order valence-electron chi connectivity index (χ2n) is 6.11. The van der Waals surface area contributed by atoms with E-state index in [1.165, 1.54) is 0 Å². The second-order valence-corrected chi connectivity index (χ2v) is 6.11. The van der Waals surface area contributed by atoms with Crippen molar-refractivity contribution in [3.8, 4) is 0 Å². The van der Waals surface area contributed by atoms with Crippen LogP contribution in [0.25, 0.3) is 0 Å². The molecular weight excluding hydrogens is 342 g/mol. The van der Waals surface area contributed by atoms with E-state index in [0.717, 1.165) is 18.4 Å². The molecule has 142 valence electrons. The number of amides is 3. The Morgan fingerprint density at radius 2 is 1.56 bits per heavy atom. The van der Waals surface area contributed by atoms with Crippen LogP contribution in [0.3, 0.4) is 0 Å². The molecule has 0 atom stereocenters. The van der Waals surface area contributed by atoms with Crippen LogP contribution in [0, 0.1) is 0 Å². The first-order chi connectivity index (χ1) is 13.1. The smallest absolute Gasteiger partial charge is 0.253 e. The highest BCUT2D eigenvalue weighted by Crippen LogP contribution is 2.14. The third-order valence-electron chi connectivity index (χ3n) is 3.91. The Morgan fingerprint density at radius 1 is 0.852 bits per heavy atom. The van der Waals surface area contributed by atoms with Gasteiger partial charge in [-0.2, -0.15) is 0 Å². The monoisotopic (exact) mass is 367 g/mol. The molecule has 3 amide bonds. The minimum atomic E-state index is -0.371. The fourth-order valence-electron chi connectivity index (χ4n) is 2.54. The highest BCUT2D eigenvalue weighted by atomic mass is 16.2. The highest BCUT2D eigenvalue weighted by molar-refractivity contribution is 6.04. The lowest BCUT2D eigenvalue weighted by atomic mass is 10.1. The lowest BCUT2D eigenvalue weighted by Crippen LogP contribution is -2.33. The van der Waals surface area contributed by atoms with Crippen molar-refractivity contribution < 1.29 is 14.4 Å². The molecule has 27 heavy (non-hydrogen) atoms. The van der Waals surface area contributed by atoms with Crippen molar-refractivity contribution in [1.82, 2.24) is 10.6 Å². The van der Waals surface area contributed by atoms with Gasteiger partial charge in [-0.05, 0) is 30.5 Å². The molecule has 0 aromatic heterocycles. The fraction of sp³-hybridized carbons (Fsp3) is 0.286. The first-order valence-electron chi connectivity index (χ1n) is 9.08. The zero-order chi connectivity index (χ0) is 19.5. The molecular formula is C21H25N3O3. The zero-order valence-electron chi connectivity index (χ0n) is 15.5. The van der Waals surface area contributed by atoms with Crippen LogP contribution in [-0.2, 0) is 16.0 Å². The molecule has 6 nitrogen and oxygen atoms in total. The second kappa shape index (κ2) is 10.8. The number of carbonyl (C=O) groups excluding carboxylic acids is 3. The minimum Gasteiger partial charge on any atom is -0.352 e. The summed E-state index contributed by atoms with van der Waals surface area (Å²) < 4.78 is 0. The van der Waals surface area contributed by atoms with Crippen LogP contribution in [0.15, 0.2) is 54.6 Å². The van der Waals surface area contributed by atoms with Crippen molar-refractivity contribution in [1.29, 1.82) is 0 Å². The Labute approximate surface area is 159 Å². The van der Waals surface area contributed by atoms with Gasteiger partial charge in [0.05, 0.1) is 17.8 Å². The number of rotatable bonds is 9. The summed E-state index contributed by atoms with van der Waals surface area (Å²) >= 11 is 0. The van der Waals surface area contributed by atoms with Gasteiger partial charge < -0.3 is 16.0 Å². The maximum atomic E-state index is 12.5. The summed E-state index contributed by atoms with van der Waals surface area (Å²) in [5.41, 5.74) is 1.95. The van der Waals surface area contributed by atoms with Crippen molar-refractivity contribution in [2.75, 3.05) is 18.4 Å². The van der Waals surface area contributed by atoms with Crippen molar-refractivity contribution in [2.45, 2.75) is 26.2 Å². The van der Waals surface area contributed by atoms with Crippen LogP contribution in [0.5, 0.6) is 0 Å². The van der Waals surface area contributed by atoms with Gasteiger partial charge >= 0.3 is 0 Å². The maximum absolute atomic E-state index is 12.5. The molecule has 0 radical (unpaired) electrons. The van der Waals surface area contributed by atoms with E-state index in [2.05, 4.69) is 16.0 Å². The number of para-hydroxylation sites is 1. The molecule has 0 spiro atoms. The van der Waals surface area contributed by atoms with Gasteiger partial charge in [0.25, 0.3) is 5.91 Å². The van der Waals surface area contributed by atoms with Gasteiger partial charge in [-0.25, -0.2) is 0 Å². The molecule has 3 N–H and O–H groups in total. The normalized spacial score (nSPS) is 10.1. The molecule has 0 saturated carbocycles. The van der Waals surface area contributed by atoms with E-state index in [0.29, 0.717) is 24.2 Å². The van der Waals surface area contributed by atoms with Gasteiger partial charge in [0.1, 0.15) is 0 Å². The summed E-state index contributed by atoms with van der Waals surface area (Å²) in [6, 6.07) is 16.7. The van der Waals surface area contributed by atoms with E-state index in [4.69, 9.17) is 0 Å². The maximum Gasteiger partial charge on any atom is 0.253 e. The Morgan fingerprint density at radius 3 is 2.30 bits per heavy atom. The summed E-state index contributed by atoms with van der Waals surface area (Å²) in [4.78, 5) is 35.9. The number of benzene rings is 2. The quantitative estimate of drug-likeness (QED) is 0.636. The molecule has 0 aliphatic carbocycles. The van der Waals surface area contributed by atoms with E-state index in [1.54, 1.807) is 24.3 Å². The van der Waals surface area contributed by atoms with Crippen molar-refractivity contribution in [3.63, 3.8) is 0 Å². The van der Waals surface area contributed by atoms with Crippen molar-refractivity contribution in [2.24, 2.45) is 0 Å². The van der Waals surface area contributed by atoms with E-state index in [9.17, 15) is 14.4 Å². The van der Waals surface area contributed by atoms with Crippen LogP contribution in [0.2, 0.25) is 0 Å². The Bertz CT molecular complexity index is 775. The van der Waals surface area contributed by atoms with Gasteiger partial charge in [0.15, 0.2) is 0 Å². The van der Waals surface area contributed by atoms with Gasteiger partial charge in [0.2, 0.25) is 11.8 Å². The molecule has 0 aliphatic heterocycles. The minimum absolute atomic E-state index is 0.122. The lowest BCUT2D eigenvalue weighted by Gasteiger charge is -2.12. The van der Waals surface area contributed by atoms with Crippen molar-refractivity contribution in [3.05, 3.63) is 65.7 Å². The number of nitrogens with one attached hydrogen (secondary N) is 3. The predicted molar refractivity (Wildman–Crippen MR) is 105 cm³/mol. The third kappa shape index (κ3) is 6.93.